The van der Waals surface area contributed by atoms with Crippen molar-refractivity contribution >= 4 is 40.0 Å². The summed E-state index contributed by atoms with van der Waals surface area (Å²) in [7, 11) is 0. The molecule has 26 heavy (non-hydrogen) atoms. The number of benzene rings is 2. The molecule has 0 saturated carbocycles. The first kappa shape index (κ1) is 16.8. The third kappa shape index (κ3) is 3.38. The SMILES string of the molecule is O=C/C(=C\Nc1cc([N+](=O)[O-])cc([N+](=O)[O-])c1)c1nc2ccccc2o1. The highest BCUT2D eigenvalue weighted by Gasteiger charge is 2.16. The van der Waals surface area contributed by atoms with E-state index in [4.69, 9.17) is 4.42 Å². The van der Waals surface area contributed by atoms with Crippen molar-refractivity contribution in [2.75, 3.05) is 5.32 Å². The van der Waals surface area contributed by atoms with Crippen molar-refractivity contribution in [1.29, 1.82) is 0 Å². The second-order valence-electron chi connectivity index (χ2n) is 5.10. The molecule has 1 aromatic heterocycles. The van der Waals surface area contributed by atoms with Crippen molar-refractivity contribution in [3.05, 3.63) is 74.8 Å². The van der Waals surface area contributed by atoms with E-state index in [2.05, 4.69) is 10.3 Å². The Hall–Kier alpha value is -4.08. The van der Waals surface area contributed by atoms with Gasteiger partial charge < -0.3 is 9.73 Å². The second kappa shape index (κ2) is 6.81. The fourth-order valence-corrected chi connectivity index (χ4v) is 2.19. The molecule has 0 amide bonds. The highest BCUT2D eigenvalue weighted by atomic mass is 16.6. The van der Waals surface area contributed by atoms with Crippen LogP contribution in [0.4, 0.5) is 17.1 Å². The van der Waals surface area contributed by atoms with Gasteiger partial charge in [-0.25, -0.2) is 4.98 Å². The zero-order valence-electron chi connectivity index (χ0n) is 13.0. The average molecular weight is 354 g/mol. The van der Waals surface area contributed by atoms with Crippen LogP contribution < -0.4 is 5.32 Å². The Balaban J connectivity index is 1.95. The lowest BCUT2D eigenvalue weighted by molar-refractivity contribution is -0.394. The number of allylic oxidation sites excluding steroid dienone is 1. The second-order valence-corrected chi connectivity index (χ2v) is 5.10. The third-order valence-corrected chi connectivity index (χ3v) is 3.39. The molecule has 3 aromatic rings. The Labute approximate surface area is 145 Å². The molecule has 0 saturated heterocycles. The number of carbonyl (C=O) groups excluding carboxylic acids is 1. The van der Waals surface area contributed by atoms with Gasteiger partial charge >= 0.3 is 0 Å². The van der Waals surface area contributed by atoms with Crippen LogP contribution in [0.5, 0.6) is 0 Å². The first-order chi connectivity index (χ1) is 12.5. The molecule has 0 aliphatic heterocycles. The van der Waals surface area contributed by atoms with Crippen LogP contribution in [0, 0.1) is 20.2 Å². The number of carbonyl (C=O) groups is 1. The van der Waals surface area contributed by atoms with E-state index in [0.717, 1.165) is 18.2 Å². The summed E-state index contributed by atoms with van der Waals surface area (Å²) in [6, 6.07) is 9.97. The first-order valence-corrected chi connectivity index (χ1v) is 7.19. The predicted molar refractivity (Wildman–Crippen MR) is 91.4 cm³/mol. The Kier molecular flexibility index (Phi) is 4.39. The third-order valence-electron chi connectivity index (χ3n) is 3.39. The Bertz CT molecular complexity index is 991. The minimum absolute atomic E-state index is 0.0374. The number of hydrogen-bond donors (Lipinski definition) is 1. The summed E-state index contributed by atoms with van der Waals surface area (Å²) >= 11 is 0. The number of hydrogen-bond acceptors (Lipinski definition) is 8. The maximum absolute atomic E-state index is 11.3. The number of fused-ring (bicyclic) bond motifs is 1. The molecule has 0 aliphatic rings. The maximum Gasteiger partial charge on any atom is 0.278 e. The van der Waals surface area contributed by atoms with Crippen molar-refractivity contribution in [3.63, 3.8) is 0 Å². The molecule has 10 heteroatoms. The van der Waals surface area contributed by atoms with Crippen LogP contribution in [-0.4, -0.2) is 21.1 Å². The number of anilines is 1. The molecule has 0 atom stereocenters. The standard InChI is InChI=1S/C16H10N4O6/c21-9-10(16-18-14-3-1-2-4-15(14)26-16)8-17-11-5-12(19(22)23)7-13(6-11)20(24)25/h1-9,17H/b10-8+. The number of rotatable bonds is 6. The van der Waals surface area contributed by atoms with Crippen molar-refractivity contribution in [3.8, 4) is 0 Å². The fraction of sp³-hybridized carbons (Fsp3) is 0. The lowest BCUT2D eigenvalue weighted by Gasteiger charge is -2.02. The normalized spacial score (nSPS) is 11.3. The van der Waals surface area contributed by atoms with Crippen LogP contribution in [0.15, 0.2) is 53.1 Å². The zero-order valence-corrected chi connectivity index (χ0v) is 13.0. The molecule has 0 aliphatic carbocycles. The smallest absolute Gasteiger partial charge is 0.278 e. The number of non-ortho nitro benzene ring substituents is 2. The highest BCUT2D eigenvalue weighted by molar-refractivity contribution is 6.06. The summed E-state index contributed by atoms with van der Waals surface area (Å²) in [5, 5.41) is 24.4. The van der Waals surface area contributed by atoms with Crippen LogP contribution in [0.1, 0.15) is 5.89 Å². The van der Waals surface area contributed by atoms with Gasteiger partial charge in [0.05, 0.1) is 27.2 Å². The van der Waals surface area contributed by atoms with Gasteiger partial charge in [-0.3, -0.25) is 25.0 Å². The summed E-state index contributed by atoms with van der Waals surface area (Å²) in [6.45, 7) is 0. The summed E-state index contributed by atoms with van der Waals surface area (Å²) in [6.07, 6.45) is 1.70. The van der Waals surface area contributed by atoms with Crippen LogP contribution >= 0.6 is 0 Å². The van der Waals surface area contributed by atoms with Gasteiger partial charge in [-0.2, -0.15) is 0 Å². The number of oxazole rings is 1. The van der Waals surface area contributed by atoms with Gasteiger partial charge in [-0.15, -0.1) is 0 Å². The van der Waals surface area contributed by atoms with Crippen molar-refractivity contribution in [2.24, 2.45) is 0 Å². The largest absolute Gasteiger partial charge is 0.436 e. The maximum atomic E-state index is 11.3. The van der Waals surface area contributed by atoms with Gasteiger partial charge in [0.15, 0.2) is 11.9 Å². The van der Waals surface area contributed by atoms with Crippen LogP contribution in [0.2, 0.25) is 0 Å². The molecule has 0 fully saturated rings. The molecular formula is C16H10N4O6. The number of aromatic nitrogens is 1. The quantitative estimate of drug-likeness (QED) is 0.307. The molecular weight excluding hydrogens is 344 g/mol. The molecule has 130 valence electrons. The number of nitrogens with one attached hydrogen (secondary N) is 1. The lowest BCUT2D eigenvalue weighted by Crippen LogP contribution is -1.97. The molecule has 0 unspecified atom stereocenters. The van der Waals surface area contributed by atoms with Gasteiger partial charge in [-0.05, 0) is 12.1 Å². The van der Waals surface area contributed by atoms with Crippen LogP contribution in [-0.2, 0) is 4.79 Å². The fourth-order valence-electron chi connectivity index (χ4n) is 2.19. The monoisotopic (exact) mass is 354 g/mol. The van der Waals surface area contributed by atoms with E-state index in [1.165, 1.54) is 6.20 Å². The lowest BCUT2D eigenvalue weighted by atomic mass is 10.2. The number of nitro groups is 2. The van der Waals surface area contributed by atoms with Crippen LogP contribution in [0.3, 0.4) is 0 Å². The molecule has 10 nitrogen and oxygen atoms in total. The molecule has 1 N–H and O–H groups in total. The van der Waals surface area contributed by atoms with Gasteiger partial charge in [0, 0.05) is 18.3 Å². The van der Waals surface area contributed by atoms with E-state index in [1.54, 1.807) is 24.3 Å². The Morgan fingerprint density at radius 2 is 1.73 bits per heavy atom. The molecule has 0 radical (unpaired) electrons. The zero-order chi connectivity index (χ0) is 18.7. The van der Waals surface area contributed by atoms with Crippen molar-refractivity contribution < 1.29 is 19.1 Å². The molecule has 2 aromatic carbocycles. The number of para-hydroxylation sites is 2. The number of aldehydes is 1. The van der Waals surface area contributed by atoms with Gasteiger partial charge in [-0.1, -0.05) is 12.1 Å². The minimum Gasteiger partial charge on any atom is -0.436 e. The average Bonchev–Trinajstić information content (AvgIpc) is 3.05. The van der Waals surface area contributed by atoms with Crippen LogP contribution in [0.25, 0.3) is 16.7 Å². The summed E-state index contributed by atoms with van der Waals surface area (Å²) in [4.78, 5) is 35.8. The predicted octanol–water partition coefficient (Wildman–Crippen LogP) is 3.30. The molecule has 0 spiro atoms. The molecule has 0 bridgehead atoms. The van der Waals surface area contributed by atoms with E-state index >= 15 is 0 Å². The van der Waals surface area contributed by atoms with E-state index in [9.17, 15) is 25.0 Å². The van der Waals surface area contributed by atoms with E-state index in [1.807, 2.05) is 0 Å². The molecule has 3 rings (SSSR count). The van der Waals surface area contributed by atoms with Crippen molar-refractivity contribution in [2.45, 2.75) is 0 Å². The topological polar surface area (TPSA) is 141 Å². The number of nitrogens with zero attached hydrogens (tertiary/aromatic N) is 3. The van der Waals surface area contributed by atoms with Gasteiger partial charge in [0.25, 0.3) is 11.4 Å². The molecule has 1 heterocycles. The summed E-state index contributed by atoms with van der Waals surface area (Å²) in [5.41, 5.74) is 0.244. The van der Waals surface area contributed by atoms with E-state index < -0.39 is 21.2 Å². The van der Waals surface area contributed by atoms with E-state index in [-0.39, 0.29) is 17.2 Å². The van der Waals surface area contributed by atoms with Gasteiger partial charge in [0.1, 0.15) is 5.52 Å². The Morgan fingerprint density at radius 1 is 1.08 bits per heavy atom. The Morgan fingerprint density at radius 3 is 2.31 bits per heavy atom. The van der Waals surface area contributed by atoms with E-state index in [0.29, 0.717) is 17.4 Å². The minimum atomic E-state index is -0.747. The first-order valence-electron chi connectivity index (χ1n) is 7.19. The number of nitro benzene ring substituents is 2. The summed E-state index contributed by atoms with van der Waals surface area (Å²) < 4.78 is 5.47. The van der Waals surface area contributed by atoms with Crippen molar-refractivity contribution in [1.82, 2.24) is 4.98 Å². The van der Waals surface area contributed by atoms with Gasteiger partial charge in [0.2, 0.25) is 5.89 Å². The highest BCUT2D eigenvalue weighted by Crippen LogP contribution is 2.26. The summed E-state index contributed by atoms with van der Waals surface area (Å²) in [5.74, 6) is 0.0497.